The number of rotatable bonds is 6. The van der Waals surface area contributed by atoms with Gasteiger partial charge >= 0.3 is 6.36 Å². The maximum Gasteiger partial charge on any atom is 0.573 e. The summed E-state index contributed by atoms with van der Waals surface area (Å²) in [6.45, 7) is 3.92. The molecule has 0 bridgehead atoms. The lowest BCUT2D eigenvalue weighted by molar-refractivity contribution is -0.274. The van der Waals surface area contributed by atoms with E-state index >= 15 is 0 Å². The number of alkyl halides is 3. The van der Waals surface area contributed by atoms with E-state index in [1.54, 1.807) is 0 Å². The molecular weight excluding hydrogens is 271 g/mol. The Kier molecular flexibility index (Phi) is 5.83. The number of nitrogens with two attached hydrogens (primary N) is 1. The smallest absolute Gasteiger partial charge is 0.406 e. The maximum absolute atomic E-state index is 12.3. The number of halogens is 3. The van der Waals surface area contributed by atoms with E-state index in [4.69, 9.17) is 5.73 Å². The number of ether oxygens (including phenoxy) is 1. The van der Waals surface area contributed by atoms with Gasteiger partial charge in [-0.2, -0.15) is 0 Å². The molecule has 0 fully saturated rings. The van der Waals surface area contributed by atoms with Crippen LogP contribution in [-0.2, 0) is 6.42 Å². The maximum atomic E-state index is 12.3. The molecule has 3 N–H and O–H groups in total. The van der Waals surface area contributed by atoms with Gasteiger partial charge in [-0.05, 0) is 42.0 Å². The summed E-state index contributed by atoms with van der Waals surface area (Å²) in [5.41, 5.74) is 6.77. The topological polar surface area (TPSA) is 55.5 Å². The lowest BCUT2D eigenvalue weighted by atomic mass is 9.97. The molecule has 0 aliphatic rings. The Hall–Kier alpha value is -1.27. The SMILES string of the molecule is CC(C)c1cc(CC[C@H](O)CN)cc(OC(F)(F)F)c1. The van der Waals surface area contributed by atoms with Crippen molar-refractivity contribution in [1.29, 1.82) is 0 Å². The average Bonchev–Trinajstić information content (AvgIpc) is 2.33. The highest BCUT2D eigenvalue weighted by atomic mass is 19.4. The monoisotopic (exact) mass is 291 g/mol. The summed E-state index contributed by atoms with van der Waals surface area (Å²) in [7, 11) is 0. The normalized spacial score (nSPS) is 13.6. The fourth-order valence-electron chi connectivity index (χ4n) is 1.81. The Morgan fingerprint density at radius 1 is 1.25 bits per heavy atom. The summed E-state index contributed by atoms with van der Waals surface area (Å²) in [5.74, 6) is -0.133. The minimum Gasteiger partial charge on any atom is -0.406 e. The van der Waals surface area contributed by atoms with Gasteiger partial charge in [-0.1, -0.05) is 19.9 Å². The van der Waals surface area contributed by atoms with Crippen LogP contribution in [0.15, 0.2) is 18.2 Å². The molecule has 1 rings (SSSR count). The van der Waals surface area contributed by atoms with Crippen LogP contribution in [0.4, 0.5) is 13.2 Å². The van der Waals surface area contributed by atoms with E-state index in [1.807, 2.05) is 19.9 Å². The number of aryl methyl sites for hydroxylation is 1. The van der Waals surface area contributed by atoms with E-state index < -0.39 is 12.5 Å². The van der Waals surface area contributed by atoms with Gasteiger partial charge in [0.2, 0.25) is 0 Å². The molecule has 0 aliphatic heterocycles. The third kappa shape index (κ3) is 5.79. The van der Waals surface area contributed by atoms with Gasteiger partial charge in [0.1, 0.15) is 5.75 Å². The van der Waals surface area contributed by atoms with Crippen molar-refractivity contribution in [2.45, 2.75) is 45.1 Å². The summed E-state index contributed by atoms with van der Waals surface area (Å²) in [6.07, 6.45) is -4.50. The molecule has 3 nitrogen and oxygen atoms in total. The first-order valence-corrected chi connectivity index (χ1v) is 6.49. The number of benzene rings is 1. The highest BCUT2D eigenvalue weighted by Gasteiger charge is 2.31. The Labute approximate surface area is 116 Å². The molecule has 0 unspecified atom stereocenters. The third-order valence-electron chi connectivity index (χ3n) is 2.93. The fourth-order valence-corrected chi connectivity index (χ4v) is 1.81. The second kappa shape index (κ2) is 6.95. The van der Waals surface area contributed by atoms with Gasteiger partial charge in [0.05, 0.1) is 6.10 Å². The summed E-state index contributed by atoms with van der Waals surface area (Å²) in [4.78, 5) is 0. The van der Waals surface area contributed by atoms with Crippen molar-refractivity contribution in [3.8, 4) is 5.75 Å². The quantitative estimate of drug-likeness (QED) is 0.847. The Morgan fingerprint density at radius 2 is 1.90 bits per heavy atom. The van der Waals surface area contributed by atoms with Crippen molar-refractivity contribution in [3.05, 3.63) is 29.3 Å². The third-order valence-corrected chi connectivity index (χ3v) is 2.93. The fraction of sp³-hybridized carbons (Fsp3) is 0.571. The molecule has 0 saturated heterocycles. The van der Waals surface area contributed by atoms with Gasteiger partial charge < -0.3 is 15.6 Å². The molecular formula is C14H20F3NO2. The zero-order chi connectivity index (χ0) is 15.3. The van der Waals surface area contributed by atoms with Crippen molar-refractivity contribution in [3.63, 3.8) is 0 Å². The van der Waals surface area contributed by atoms with Crippen LogP contribution in [0.2, 0.25) is 0 Å². The minimum absolute atomic E-state index is 0.0879. The molecule has 0 saturated carbocycles. The molecule has 0 aliphatic carbocycles. The first kappa shape index (κ1) is 16.8. The predicted octanol–water partition coefficient (Wildman–Crippen LogP) is 2.96. The summed E-state index contributed by atoms with van der Waals surface area (Å²) >= 11 is 0. The Balaban J connectivity index is 2.93. The molecule has 0 amide bonds. The number of aliphatic hydroxyl groups is 1. The summed E-state index contributed by atoms with van der Waals surface area (Å²) in [6, 6.07) is 4.57. The van der Waals surface area contributed by atoms with Gasteiger partial charge in [0, 0.05) is 6.54 Å². The Bertz CT molecular complexity index is 433. The number of aliphatic hydroxyl groups excluding tert-OH is 1. The number of hydrogen-bond acceptors (Lipinski definition) is 3. The molecule has 20 heavy (non-hydrogen) atoms. The number of hydrogen-bond donors (Lipinski definition) is 2. The van der Waals surface area contributed by atoms with Crippen LogP contribution in [0.5, 0.6) is 5.75 Å². The zero-order valence-electron chi connectivity index (χ0n) is 11.6. The van der Waals surface area contributed by atoms with Crippen molar-refractivity contribution in [2.75, 3.05) is 6.54 Å². The molecule has 6 heteroatoms. The molecule has 1 aromatic rings. The molecule has 0 aromatic heterocycles. The predicted molar refractivity (Wildman–Crippen MR) is 70.6 cm³/mol. The first-order chi connectivity index (χ1) is 9.21. The van der Waals surface area contributed by atoms with Crippen LogP contribution >= 0.6 is 0 Å². The van der Waals surface area contributed by atoms with Crippen LogP contribution < -0.4 is 10.5 Å². The van der Waals surface area contributed by atoms with E-state index in [1.165, 1.54) is 12.1 Å². The standard InChI is InChI=1S/C14H20F3NO2/c1-9(2)11-5-10(3-4-12(19)8-18)6-13(7-11)20-14(15,16)17/h5-7,9,12,19H,3-4,8,18H2,1-2H3/t12-/m0/s1. The second-order valence-electron chi connectivity index (χ2n) is 5.04. The molecule has 0 heterocycles. The van der Waals surface area contributed by atoms with Crippen LogP contribution in [0.25, 0.3) is 0 Å². The summed E-state index contributed by atoms with van der Waals surface area (Å²) in [5, 5.41) is 9.42. The van der Waals surface area contributed by atoms with E-state index in [0.29, 0.717) is 18.4 Å². The lowest BCUT2D eigenvalue weighted by Crippen LogP contribution is -2.20. The van der Waals surface area contributed by atoms with Crippen LogP contribution in [-0.4, -0.2) is 24.1 Å². The van der Waals surface area contributed by atoms with Crippen molar-refractivity contribution in [1.82, 2.24) is 0 Å². The van der Waals surface area contributed by atoms with Crippen LogP contribution in [0, 0.1) is 0 Å². The first-order valence-electron chi connectivity index (χ1n) is 6.49. The van der Waals surface area contributed by atoms with Gasteiger partial charge in [0.25, 0.3) is 0 Å². The van der Waals surface area contributed by atoms with Crippen LogP contribution in [0.1, 0.15) is 37.3 Å². The van der Waals surface area contributed by atoms with E-state index in [9.17, 15) is 18.3 Å². The van der Waals surface area contributed by atoms with E-state index in [2.05, 4.69) is 4.74 Å². The summed E-state index contributed by atoms with van der Waals surface area (Å²) < 4.78 is 40.9. The zero-order valence-corrected chi connectivity index (χ0v) is 11.6. The minimum atomic E-state index is -4.70. The van der Waals surface area contributed by atoms with Gasteiger partial charge in [-0.25, -0.2) is 0 Å². The molecule has 0 radical (unpaired) electrons. The molecule has 0 spiro atoms. The van der Waals surface area contributed by atoms with Gasteiger partial charge in [-0.15, -0.1) is 13.2 Å². The van der Waals surface area contributed by atoms with Gasteiger partial charge in [0.15, 0.2) is 0 Å². The highest BCUT2D eigenvalue weighted by Crippen LogP contribution is 2.28. The van der Waals surface area contributed by atoms with Crippen molar-refractivity contribution < 1.29 is 23.0 Å². The van der Waals surface area contributed by atoms with Gasteiger partial charge in [-0.3, -0.25) is 0 Å². The van der Waals surface area contributed by atoms with Crippen LogP contribution in [0.3, 0.4) is 0 Å². The largest absolute Gasteiger partial charge is 0.573 e. The van der Waals surface area contributed by atoms with Crippen molar-refractivity contribution >= 4 is 0 Å². The average molecular weight is 291 g/mol. The molecule has 1 aromatic carbocycles. The Morgan fingerprint density at radius 3 is 2.40 bits per heavy atom. The lowest BCUT2D eigenvalue weighted by Gasteiger charge is -2.15. The van der Waals surface area contributed by atoms with E-state index in [-0.39, 0.29) is 18.2 Å². The second-order valence-corrected chi connectivity index (χ2v) is 5.04. The molecule has 114 valence electrons. The van der Waals surface area contributed by atoms with Crippen molar-refractivity contribution in [2.24, 2.45) is 5.73 Å². The highest BCUT2D eigenvalue weighted by molar-refractivity contribution is 5.36. The van der Waals surface area contributed by atoms with E-state index in [0.717, 1.165) is 5.56 Å². The molecule has 1 atom stereocenters.